The van der Waals surface area contributed by atoms with Crippen LogP contribution in [0.25, 0.3) is 11.0 Å². The predicted octanol–water partition coefficient (Wildman–Crippen LogP) is 5.92. The highest BCUT2D eigenvalue weighted by atomic mass is 32.2. The predicted molar refractivity (Wildman–Crippen MR) is 131 cm³/mol. The van der Waals surface area contributed by atoms with Crippen molar-refractivity contribution in [1.29, 1.82) is 0 Å². The van der Waals surface area contributed by atoms with Crippen LogP contribution in [0.15, 0.2) is 82.1 Å². The summed E-state index contributed by atoms with van der Waals surface area (Å²) in [6.45, 7) is 4.04. The maximum atomic E-state index is 14.4. The number of thioether (sulfide) groups is 1. The number of halogens is 1. The summed E-state index contributed by atoms with van der Waals surface area (Å²) in [7, 11) is 0. The zero-order valence-electron chi connectivity index (χ0n) is 18.8. The molecule has 2 amide bonds. The third kappa shape index (κ3) is 4.19. The van der Waals surface area contributed by atoms with E-state index in [1.54, 1.807) is 35.2 Å². The maximum absolute atomic E-state index is 14.4. The Morgan fingerprint density at radius 1 is 1.06 bits per heavy atom. The third-order valence-electron chi connectivity index (χ3n) is 5.82. The van der Waals surface area contributed by atoms with Gasteiger partial charge < -0.3 is 14.6 Å². The number of carbonyl (C=O) groups excluding carboxylic acids is 2. The summed E-state index contributed by atoms with van der Waals surface area (Å²) in [5, 5.41) is 3.86. The molecule has 1 aromatic heterocycles. The van der Waals surface area contributed by atoms with E-state index in [0.29, 0.717) is 22.6 Å². The van der Waals surface area contributed by atoms with Crippen molar-refractivity contribution in [2.45, 2.75) is 36.6 Å². The van der Waals surface area contributed by atoms with Gasteiger partial charge >= 0.3 is 0 Å². The van der Waals surface area contributed by atoms with E-state index in [1.807, 2.05) is 50.2 Å². The van der Waals surface area contributed by atoms with Crippen molar-refractivity contribution in [1.82, 2.24) is 5.32 Å². The second kappa shape index (κ2) is 8.65. The number of carbonyl (C=O) groups is 2. The minimum Gasteiger partial charge on any atom is -0.459 e. The molecule has 0 unspecified atom stereocenters. The van der Waals surface area contributed by atoms with E-state index in [-0.39, 0.29) is 30.7 Å². The van der Waals surface area contributed by atoms with Crippen molar-refractivity contribution in [2.24, 2.45) is 0 Å². The molecule has 0 spiro atoms. The van der Waals surface area contributed by atoms with Gasteiger partial charge in [-0.3, -0.25) is 9.59 Å². The molecule has 7 heteroatoms. The average molecular weight is 475 g/mol. The zero-order valence-corrected chi connectivity index (χ0v) is 19.6. The molecule has 0 saturated heterocycles. The molecule has 0 saturated carbocycles. The minimum atomic E-state index is -0.705. The van der Waals surface area contributed by atoms with E-state index < -0.39 is 4.75 Å². The summed E-state index contributed by atoms with van der Waals surface area (Å²) in [4.78, 5) is 28.6. The molecule has 1 N–H and O–H groups in total. The summed E-state index contributed by atoms with van der Waals surface area (Å²) >= 11 is 1.44. The smallest absolute Gasteiger partial charge is 0.251 e. The summed E-state index contributed by atoms with van der Waals surface area (Å²) < 4.78 is 19.4. The van der Waals surface area contributed by atoms with Crippen LogP contribution in [-0.4, -0.2) is 16.6 Å². The highest BCUT2D eigenvalue weighted by molar-refractivity contribution is 8.01. The van der Waals surface area contributed by atoms with Crippen LogP contribution in [0.4, 0.5) is 10.1 Å². The maximum Gasteiger partial charge on any atom is 0.251 e. The van der Waals surface area contributed by atoms with Gasteiger partial charge in [-0.25, -0.2) is 4.39 Å². The number of hydrogen-bond donors (Lipinski definition) is 1. The van der Waals surface area contributed by atoms with Gasteiger partial charge in [0, 0.05) is 21.4 Å². The SMILES string of the molecule is CC1(C)Sc2ccc(C(=O)NCc3cc4ccccc4o3)cc2N(Cc2ccccc2F)C1=O. The Kier molecular flexibility index (Phi) is 5.65. The number of anilines is 1. The van der Waals surface area contributed by atoms with Gasteiger partial charge in [0.15, 0.2) is 0 Å². The monoisotopic (exact) mass is 474 g/mol. The van der Waals surface area contributed by atoms with Gasteiger partial charge in [0.2, 0.25) is 5.91 Å². The molecule has 5 rings (SSSR count). The Balaban J connectivity index is 1.41. The van der Waals surface area contributed by atoms with Crippen LogP contribution in [0.2, 0.25) is 0 Å². The van der Waals surface area contributed by atoms with E-state index in [1.165, 1.54) is 17.8 Å². The van der Waals surface area contributed by atoms with Gasteiger partial charge in [0.05, 0.1) is 23.5 Å². The topological polar surface area (TPSA) is 62.6 Å². The Morgan fingerprint density at radius 3 is 2.62 bits per heavy atom. The highest BCUT2D eigenvalue weighted by Crippen LogP contribution is 2.46. The van der Waals surface area contributed by atoms with Gasteiger partial charge in [0.25, 0.3) is 5.91 Å². The fourth-order valence-corrected chi connectivity index (χ4v) is 5.21. The van der Waals surface area contributed by atoms with Gasteiger partial charge in [-0.05, 0) is 50.2 Å². The minimum absolute atomic E-state index is 0.0898. The number of hydrogen-bond acceptors (Lipinski definition) is 4. The molecule has 2 heterocycles. The van der Waals surface area contributed by atoms with Crippen molar-refractivity contribution in [3.63, 3.8) is 0 Å². The van der Waals surface area contributed by atoms with E-state index in [4.69, 9.17) is 4.42 Å². The molecule has 34 heavy (non-hydrogen) atoms. The molecule has 172 valence electrons. The van der Waals surface area contributed by atoms with Crippen LogP contribution in [-0.2, 0) is 17.9 Å². The van der Waals surface area contributed by atoms with Crippen LogP contribution in [0.3, 0.4) is 0 Å². The first kappa shape index (κ1) is 22.2. The number of fused-ring (bicyclic) bond motifs is 2. The van der Waals surface area contributed by atoms with Crippen LogP contribution in [0, 0.1) is 5.82 Å². The summed E-state index contributed by atoms with van der Waals surface area (Å²) in [6, 6.07) is 21.3. The van der Waals surface area contributed by atoms with E-state index in [9.17, 15) is 14.0 Å². The fraction of sp³-hybridized carbons (Fsp3) is 0.185. The number of benzene rings is 3. The first-order valence-electron chi connectivity index (χ1n) is 11.0. The van der Waals surface area contributed by atoms with Gasteiger partial charge in [0.1, 0.15) is 17.2 Å². The second-order valence-electron chi connectivity index (χ2n) is 8.71. The summed E-state index contributed by atoms with van der Waals surface area (Å²) in [5.74, 6) is -0.127. The van der Waals surface area contributed by atoms with Crippen molar-refractivity contribution < 1.29 is 18.4 Å². The Hall–Kier alpha value is -3.58. The van der Waals surface area contributed by atoms with Crippen molar-refractivity contribution in [3.8, 4) is 0 Å². The van der Waals surface area contributed by atoms with Crippen LogP contribution < -0.4 is 10.2 Å². The molecule has 1 aliphatic rings. The van der Waals surface area contributed by atoms with Crippen LogP contribution in [0.1, 0.15) is 35.5 Å². The zero-order chi connectivity index (χ0) is 23.9. The van der Waals surface area contributed by atoms with Crippen LogP contribution in [0.5, 0.6) is 0 Å². The lowest BCUT2D eigenvalue weighted by Crippen LogP contribution is -2.46. The Labute approximate surface area is 200 Å². The second-order valence-corrected chi connectivity index (χ2v) is 10.4. The van der Waals surface area contributed by atoms with E-state index in [2.05, 4.69) is 5.32 Å². The molecule has 0 atom stereocenters. The molecule has 5 nitrogen and oxygen atoms in total. The molecule has 0 fully saturated rings. The number of amides is 2. The molecular formula is C27H23FN2O3S. The lowest BCUT2D eigenvalue weighted by atomic mass is 10.1. The lowest BCUT2D eigenvalue weighted by Gasteiger charge is -2.38. The van der Waals surface area contributed by atoms with Crippen LogP contribution >= 0.6 is 11.8 Å². The molecule has 0 bridgehead atoms. The molecule has 1 aliphatic heterocycles. The fourth-order valence-electron chi connectivity index (χ4n) is 4.06. The first-order chi connectivity index (χ1) is 16.3. The van der Waals surface area contributed by atoms with E-state index in [0.717, 1.165) is 15.9 Å². The van der Waals surface area contributed by atoms with Gasteiger partial charge in [-0.15, -0.1) is 11.8 Å². The number of nitrogens with one attached hydrogen (secondary N) is 1. The molecule has 4 aromatic rings. The van der Waals surface area contributed by atoms with Crippen molar-refractivity contribution in [3.05, 3.63) is 95.5 Å². The first-order valence-corrected chi connectivity index (χ1v) is 11.8. The van der Waals surface area contributed by atoms with Gasteiger partial charge in [-0.1, -0.05) is 36.4 Å². The molecule has 0 aliphatic carbocycles. The van der Waals surface area contributed by atoms with E-state index >= 15 is 0 Å². The summed E-state index contributed by atoms with van der Waals surface area (Å²) in [6.07, 6.45) is 0. The normalized spacial score (nSPS) is 14.8. The standard InChI is InChI=1S/C27H23FN2O3S/c1-27(2)26(32)30(16-19-8-3-5-9-21(19)28)22-14-18(11-12-24(22)34-27)25(31)29-15-20-13-17-7-4-6-10-23(17)33-20/h3-14H,15-16H2,1-2H3,(H,29,31). The van der Waals surface area contributed by atoms with Crippen molar-refractivity contribution in [2.75, 3.05) is 4.90 Å². The lowest BCUT2D eigenvalue weighted by molar-refractivity contribution is -0.120. The van der Waals surface area contributed by atoms with Gasteiger partial charge in [-0.2, -0.15) is 0 Å². The molecular weight excluding hydrogens is 451 g/mol. The largest absolute Gasteiger partial charge is 0.459 e. The number of para-hydroxylation sites is 1. The highest BCUT2D eigenvalue weighted by Gasteiger charge is 2.40. The Morgan fingerprint density at radius 2 is 1.82 bits per heavy atom. The number of furan rings is 1. The average Bonchev–Trinajstić information content (AvgIpc) is 3.24. The third-order valence-corrected chi connectivity index (χ3v) is 7.07. The number of nitrogens with zero attached hydrogens (tertiary/aromatic N) is 1. The number of rotatable bonds is 5. The molecule has 3 aromatic carbocycles. The van der Waals surface area contributed by atoms with Crippen molar-refractivity contribution >= 4 is 40.2 Å². The quantitative estimate of drug-likeness (QED) is 0.390. The summed E-state index contributed by atoms with van der Waals surface area (Å²) in [5.41, 5.74) is 2.21. The molecule has 0 radical (unpaired) electrons. The Bertz CT molecular complexity index is 1380.